The highest BCUT2D eigenvalue weighted by Crippen LogP contribution is 2.27. The molecule has 0 atom stereocenters. The summed E-state index contributed by atoms with van der Waals surface area (Å²) in [5, 5.41) is 3.96. The van der Waals surface area contributed by atoms with E-state index in [4.69, 9.17) is 4.98 Å². The molecule has 28 heavy (non-hydrogen) atoms. The number of carbonyl (C=O) groups is 1. The fourth-order valence-electron chi connectivity index (χ4n) is 3.32. The fraction of sp³-hybridized carbons (Fsp3) is 0.500. The Hall–Kier alpha value is -1.77. The van der Waals surface area contributed by atoms with E-state index in [0.717, 1.165) is 23.4 Å². The maximum absolute atomic E-state index is 12.6. The van der Waals surface area contributed by atoms with E-state index < -0.39 is 10.0 Å². The van der Waals surface area contributed by atoms with Crippen molar-refractivity contribution in [3.05, 3.63) is 44.4 Å². The van der Waals surface area contributed by atoms with Gasteiger partial charge >= 0.3 is 0 Å². The molecule has 0 saturated heterocycles. The molecule has 1 aliphatic rings. The molecule has 3 rings (SSSR count). The Balaban J connectivity index is 1.70. The van der Waals surface area contributed by atoms with Crippen molar-refractivity contribution in [1.82, 2.24) is 14.6 Å². The maximum atomic E-state index is 12.6. The van der Waals surface area contributed by atoms with Gasteiger partial charge in [0.2, 0.25) is 10.0 Å². The van der Waals surface area contributed by atoms with Crippen molar-refractivity contribution >= 4 is 27.3 Å². The zero-order chi connectivity index (χ0) is 20.5. The van der Waals surface area contributed by atoms with Crippen LogP contribution in [0.4, 0.5) is 0 Å². The van der Waals surface area contributed by atoms with Crippen LogP contribution in [-0.2, 0) is 29.3 Å². The fourth-order valence-corrected chi connectivity index (χ4v) is 5.69. The third kappa shape index (κ3) is 4.29. The number of fused-ring (bicyclic) bond motifs is 1. The Morgan fingerprint density at radius 1 is 1.21 bits per heavy atom. The van der Waals surface area contributed by atoms with Crippen LogP contribution in [0.15, 0.2) is 17.0 Å². The lowest BCUT2D eigenvalue weighted by Gasteiger charge is -2.16. The number of hydrogen-bond donors (Lipinski definition) is 1. The van der Waals surface area contributed by atoms with Crippen LogP contribution in [0.25, 0.3) is 0 Å². The van der Waals surface area contributed by atoms with Gasteiger partial charge in [-0.3, -0.25) is 4.79 Å². The number of thiazole rings is 1. The standard InChI is InChI=1S/C20H27N3O3S2/c1-13-11-15(12-18(14(13)2)28(25,26)23(3)4)20(24)21-10-9-19-22-16-7-5-6-8-17(16)27-19/h11-12H,5-10H2,1-4H3,(H,21,24). The summed E-state index contributed by atoms with van der Waals surface area (Å²) in [7, 11) is -0.625. The molecule has 0 spiro atoms. The predicted molar refractivity (Wildman–Crippen MR) is 112 cm³/mol. The summed E-state index contributed by atoms with van der Waals surface area (Å²) < 4.78 is 26.3. The first-order valence-electron chi connectivity index (χ1n) is 9.49. The first-order valence-corrected chi connectivity index (χ1v) is 11.7. The van der Waals surface area contributed by atoms with Crippen molar-refractivity contribution < 1.29 is 13.2 Å². The molecule has 8 heteroatoms. The summed E-state index contributed by atoms with van der Waals surface area (Å²) in [6.07, 6.45) is 5.31. The van der Waals surface area contributed by atoms with E-state index in [1.54, 1.807) is 24.3 Å². The van der Waals surface area contributed by atoms with Crippen molar-refractivity contribution in [2.75, 3.05) is 20.6 Å². The lowest BCUT2D eigenvalue weighted by atomic mass is 10.0. The molecule has 152 valence electrons. The number of aromatic nitrogens is 1. The van der Waals surface area contributed by atoms with Gasteiger partial charge in [-0.1, -0.05) is 0 Å². The molecule has 1 N–H and O–H groups in total. The zero-order valence-corrected chi connectivity index (χ0v) is 18.5. The molecule has 0 aliphatic heterocycles. The van der Waals surface area contributed by atoms with E-state index >= 15 is 0 Å². The normalized spacial score (nSPS) is 14.2. The minimum atomic E-state index is -3.61. The van der Waals surface area contributed by atoms with Crippen LogP contribution in [0.5, 0.6) is 0 Å². The Kier molecular flexibility index (Phi) is 6.21. The summed E-state index contributed by atoms with van der Waals surface area (Å²) in [6.45, 7) is 4.06. The van der Waals surface area contributed by atoms with Gasteiger partial charge in [-0.2, -0.15) is 0 Å². The zero-order valence-electron chi connectivity index (χ0n) is 16.8. The molecular formula is C20H27N3O3S2. The average molecular weight is 422 g/mol. The largest absolute Gasteiger partial charge is 0.352 e. The highest BCUT2D eigenvalue weighted by atomic mass is 32.2. The third-order valence-corrected chi connectivity index (χ3v) is 8.31. The lowest BCUT2D eigenvalue weighted by molar-refractivity contribution is 0.0954. The van der Waals surface area contributed by atoms with E-state index in [-0.39, 0.29) is 10.8 Å². The van der Waals surface area contributed by atoms with E-state index in [1.807, 2.05) is 6.92 Å². The molecule has 1 heterocycles. The van der Waals surface area contributed by atoms with Gasteiger partial charge < -0.3 is 5.32 Å². The van der Waals surface area contributed by atoms with Crippen LogP contribution < -0.4 is 5.32 Å². The van der Waals surface area contributed by atoms with Crippen LogP contribution in [0.2, 0.25) is 0 Å². The van der Waals surface area contributed by atoms with Crippen molar-refractivity contribution in [2.45, 2.75) is 50.8 Å². The first-order chi connectivity index (χ1) is 13.2. The van der Waals surface area contributed by atoms with E-state index in [9.17, 15) is 13.2 Å². The SMILES string of the molecule is Cc1cc(C(=O)NCCc2nc3c(s2)CCCC3)cc(S(=O)(=O)N(C)C)c1C. The maximum Gasteiger partial charge on any atom is 0.251 e. The predicted octanol–water partition coefficient (Wildman–Crippen LogP) is 2.86. The van der Waals surface area contributed by atoms with E-state index in [0.29, 0.717) is 24.1 Å². The quantitative estimate of drug-likeness (QED) is 0.778. The number of benzene rings is 1. The number of amides is 1. The van der Waals surface area contributed by atoms with Gasteiger partial charge in [0.15, 0.2) is 0 Å². The van der Waals surface area contributed by atoms with Crippen LogP contribution in [-0.4, -0.2) is 44.3 Å². The molecule has 2 aromatic rings. The second kappa shape index (κ2) is 8.31. The Morgan fingerprint density at radius 3 is 2.61 bits per heavy atom. The van der Waals surface area contributed by atoms with Crippen molar-refractivity contribution in [3.63, 3.8) is 0 Å². The second-order valence-electron chi connectivity index (χ2n) is 7.39. The second-order valence-corrected chi connectivity index (χ2v) is 10.7. The van der Waals surface area contributed by atoms with Crippen LogP contribution in [0.1, 0.15) is 49.9 Å². The smallest absolute Gasteiger partial charge is 0.251 e. The number of sulfonamides is 1. The van der Waals surface area contributed by atoms with Crippen LogP contribution in [0.3, 0.4) is 0 Å². The van der Waals surface area contributed by atoms with Gasteiger partial charge in [0.25, 0.3) is 5.91 Å². The minimum absolute atomic E-state index is 0.176. The number of aryl methyl sites for hydroxylation is 3. The van der Waals surface area contributed by atoms with Gasteiger partial charge in [0.1, 0.15) is 0 Å². The first kappa shape index (κ1) is 21.0. The highest BCUT2D eigenvalue weighted by Gasteiger charge is 2.23. The summed E-state index contributed by atoms with van der Waals surface area (Å²) in [5.74, 6) is -0.264. The summed E-state index contributed by atoms with van der Waals surface area (Å²) in [6, 6.07) is 3.20. The van der Waals surface area contributed by atoms with Crippen LogP contribution in [0, 0.1) is 13.8 Å². The molecule has 0 unspecified atom stereocenters. The molecule has 1 aliphatic carbocycles. The van der Waals surface area contributed by atoms with E-state index in [1.165, 1.54) is 47.9 Å². The van der Waals surface area contributed by atoms with Gasteiger partial charge in [-0.25, -0.2) is 17.7 Å². The molecule has 1 amide bonds. The molecule has 0 fully saturated rings. The van der Waals surface area contributed by atoms with E-state index in [2.05, 4.69) is 5.32 Å². The van der Waals surface area contributed by atoms with Gasteiger partial charge in [-0.05, 0) is 62.8 Å². The number of rotatable bonds is 6. The Morgan fingerprint density at radius 2 is 1.93 bits per heavy atom. The Labute approximate surface area is 171 Å². The molecule has 6 nitrogen and oxygen atoms in total. The van der Waals surface area contributed by atoms with Crippen LogP contribution >= 0.6 is 11.3 Å². The minimum Gasteiger partial charge on any atom is -0.352 e. The molecule has 1 aromatic carbocycles. The summed E-state index contributed by atoms with van der Waals surface area (Å²) >= 11 is 1.75. The number of hydrogen-bond acceptors (Lipinski definition) is 5. The third-order valence-electron chi connectivity index (χ3n) is 5.15. The summed E-state index contributed by atoms with van der Waals surface area (Å²) in [4.78, 5) is 18.9. The molecular weight excluding hydrogens is 394 g/mol. The van der Waals surface area contributed by atoms with Crippen molar-refractivity contribution in [2.24, 2.45) is 0 Å². The number of nitrogens with one attached hydrogen (secondary N) is 1. The highest BCUT2D eigenvalue weighted by molar-refractivity contribution is 7.89. The topological polar surface area (TPSA) is 79.4 Å². The average Bonchev–Trinajstić information content (AvgIpc) is 3.06. The van der Waals surface area contributed by atoms with Gasteiger partial charge in [0, 0.05) is 37.5 Å². The van der Waals surface area contributed by atoms with Gasteiger partial charge in [0.05, 0.1) is 15.6 Å². The monoisotopic (exact) mass is 421 g/mol. The van der Waals surface area contributed by atoms with Crippen molar-refractivity contribution in [3.8, 4) is 0 Å². The molecule has 0 bridgehead atoms. The number of nitrogens with zero attached hydrogens (tertiary/aromatic N) is 2. The number of carbonyl (C=O) groups excluding carboxylic acids is 1. The summed E-state index contributed by atoms with van der Waals surface area (Å²) in [5.41, 5.74) is 3.03. The molecule has 0 radical (unpaired) electrons. The lowest BCUT2D eigenvalue weighted by Crippen LogP contribution is -2.27. The van der Waals surface area contributed by atoms with Crippen molar-refractivity contribution in [1.29, 1.82) is 0 Å². The Bertz CT molecular complexity index is 971. The molecule has 0 saturated carbocycles. The molecule has 1 aromatic heterocycles. The van der Waals surface area contributed by atoms with Gasteiger partial charge in [-0.15, -0.1) is 11.3 Å².